The van der Waals surface area contributed by atoms with Gasteiger partial charge >= 0.3 is 0 Å². The predicted molar refractivity (Wildman–Crippen MR) is 102 cm³/mol. The van der Waals surface area contributed by atoms with E-state index in [0.717, 1.165) is 38.5 Å². The summed E-state index contributed by atoms with van der Waals surface area (Å²) < 4.78 is 0. The van der Waals surface area contributed by atoms with Gasteiger partial charge in [0.05, 0.1) is 11.2 Å². The second kappa shape index (κ2) is 10.9. The third-order valence-electron chi connectivity index (χ3n) is 5.04. The van der Waals surface area contributed by atoms with Crippen LogP contribution in [0.3, 0.4) is 0 Å². The Morgan fingerprint density at radius 1 is 0.720 bits per heavy atom. The lowest BCUT2D eigenvalue weighted by Gasteiger charge is -2.37. The average Bonchev–Trinajstić information content (AvgIpc) is 2.52. The molecule has 3 atom stereocenters. The Morgan fingerprint density at radius 2 is 1.24 bits per heavy atom. The highest BCUT2D eigenvalue weighted by molar-refractivity contribution is 4.81. The Labute approximate surface area is 155 Å². The number of hydrogen-bond donors (Lipinski definition) is 0. The van der Waals surface area contributed by atoms with Crippen molar-refractivity contribution >= 4 is 0 Å². The summed E-state index contributed by atoms with van der Waals surface area (Å²) in [6.07, 6.45) is 9.58. The highest BCUT2D eigenvalue weighted by Gasteiger charge is 2.36. The molecule has 1 aliphatic carbocycles. The van der Waals surface area contributed by atoms with Crippen molar-refractivity contribution in [2.75, 3.05) is 0 Å². The molecule has 0 saturated heterocycles. The molecule has 0 aromatic rings. The van der Waals surface area contributed by atoms with Gasteiger partial charge in [-0.05, 0) is 65.7 Å². The standard InChI is InChI=1S/C21H42O4/c1-8-11-17-12-13-18(22-24-20(4,5)14-9-2)19(16-17)23-25-21(6,7)15-10-3/h17-19H,8-16H2,1-7H3. The Kier molecular flexibility index (Phi) is 9.94. The zero-order valence-corrected chi connectivity index (χ0v) is 17.7. The molecule has 0 heterocycles. The van der Waals surface area contributed by atoms with Crippen molar-refractivity contribution in [3.63, 3.8) is 0 Å². The van der Waals surface area contributed by atoms with E-state index < -0.39 is 0 Å². The highest BCUT2D eigenvalue weighted by Crippen LogP contribution is 2.34. The predicted octanol–water partition coefficient (Wildman–Crippen LogP) is 6.38. The van der Waals surface area contributed by atoms with Gasteiger partial charge in [-0.2, -0.15) is 0 Å². The van der Waals surface area contributed by atoms with Crippen molar-refractivity contribution < 1.29 is 19.6 Å². The molecule has 4 heteroatoms. The van der Waals surface area contributed by atoms with E-state index >= 15 is 0 Å². The van der Waals surface area contributed by atoms with Gasteiger partial charge in [0.1, 0.15) is 12.2 Å². The summed E-state index contributed by atoms with van der Waals surface area (Å²) in [5.41, 5.74) is -0.527. The van der Waals surface area contributed by atoms with Gasteiger partial charge in [-0.3, -0.25) is 0 Å². The lowest BCUT2D eigenvalue weighted by Crippen LogP contribution is -2.41. The summed E-state index contributed by atoms with van der Waals surface area (Å²) in [5.74, 6) is 0.691. The van der Waals surface area contributed by atoms with Gasteiger partial charge in [0.15, 0.2) is 0 Å². The minimum Gasteiger partial charge on any atom is -0.230 e. The largest absolute Gasteiger partial charge is 0.230 e. The fraction of sp³-hybridized carbons (Fsp3) is 1.00. The Bertz CT molecular complexity index is 354. The summed E-state index contributed by atoms with van der Waals surface area (Å²) in [4.78, 5) is 23.4. The highest BCUT2D eigenvalue weighted by atomic mass is 17.2. The molecule has 1 rings (SSSR count). The molecular weight excluding hydrogens is 316 g/mol. The third-order valence-corrected chi connectivity index (χ3v) is 5.04. The van der Waals surface area contributed by atoms with Gasteiger partial charge in [0, 0.05) is 0 Å². The molecule has 25 heavy (non-hydrogen) atoms. The lowest BCUT2D eigenvalue weighted by atomic mass is 9.83. The maximum atomic E-state index is 5.91. The van der Waals surface area contributed by atoms with Crippen LogP contribution in [-0.4, -0.2) is 23.4 Å². The Balaban J connectivity index is 2.62. The Morgan fingerprint density at radius 3 is 1.72 bits per heavy atom. The van der Waals surface area contributed by atoms with E-state index in [2.05, 4.69) is 48.5 Å². The van der Waals surface area contributed by atoms with Gasteiger partial charge in [-0.15, -0.1) is 0 Å². The Hall–Kier alpha value is -0.160. The fourth-order valence-electron chi connectivity index (χ4n) is 3.74. The van der Waals surface area contributed by atoms with E-state index in [1.807, 2.05) is 0 Å². The van der Waals surface area contributed by atoms with Gasteiger partial charge in [0.2, 0.25) is 0 Å². The minimum absolute atomic E-state index is 0.0540. The topological polar surface area (TPSA) is 36.9 Å². The first kappa shape index (κ1) is 22.9. The molecule has 3 unspecified atom stereocenters. The molecule has 0 aliphatic heterocycles. The van der Waals surface area contributed by atoms with Crippen LogP contribution >= 0.6 is 0 Å². The van der Waals surface area contributed by atoms with E-state index in [9.17, 15) is 0 Å². The fourth-order valence-corrected chi connectivity index (χ4v) is 3.74. The van der Waals surface area contributed by atoms with Crippen molar-refractivity contribution in [1.29, 1.82) is 0 Å². The number of rotatable bonds is 12. The molecule has 0 bridgehead atoms. The quantitative estimate of drug-likeness (QED) is 0.300. The second-order valence-corrected chi connectivity index (χ2v) is 8.92. The van der Waals surface area contributed by atoms with Crippen LogP contribution in [0.15, 0.2) is 0 Å². The molecule has 1 saturated carbocycles. The first-order valence-corrected chi connectivity index (χ1v) is 10.4. The van der Waals surface area contributed by atoms with E-state index in [1.165, 1.54) is 19.3 Å². The molecule has 0 amide bonds. The van der Waals surface area contributed by atoms with Gasteiger partial charge < -0.3 is 0 Å². The van der Waals surface area contributed by atoms with Gasteiger partial charge in [-0.25, -0.2) is 19.6 Å². The summed E-state index contributed by atoms with van der Waals surface area (Å²) in [7, 11) is 0. The smallest absolute Gasteiger partial charge is 0.122 e. The average molecular weight is 359 g/mol. The summed E-state index contributed by atoms with van der Waals surface area (Å²) in [6, 6.07) is 0. The van der Waals surface area contributed by atoms with Crippen molar-refractivity contribution in [2.24, 2.45) is 5.92 Å². The minimum atomic E-state index is -0.265. The van der Waals surface area contributed by atoms with Crippen molar-refractivity contribution in [3.8, 4) is 0 Å². The molecule has 0 aromatic carbocycles. The van der Waals surface area contributed by atoms with Crippen LogP contribution in [0.4, 0.5) is 0 Å². The summed E-state index contributed by atoms with van der Waals surface area (Å²) in [5, 5.41) is 0. The van der Waals surface area contributed by atoms with Gasteiger partial charge in [0.25, 0.3) is 0 Å². The maximum Gasteiger partial charge on any atom is 0.122 e. The van der Waals surface area contributed by atoms with Crippen LogP contribution in [0.2, 0.25) is 0 Å². The van der Waals surface area contributed by atoms with Crippen molar-refractivity contribution in [3.05, 3.63) is 0 Å². The van der Waals surface area contributed by atoms with Crippen molar-refractivity contribution in [1.82, 2.24) is 0 Å². The van der Waals surface area contributed by atoms with Crippen LogP contribution in [0.1, 0.15) is 106 Å². The van der Waals surface area contributed by atoms with Gasteiger partial charge in [-0.1, -0.05) is 46.5 Å². The second-order valence-electron chi connectivity index (χ2n) is 8.92. The summed E-state index contributed by atoms with van der Waals surface area (Å²) in [6.45, 7) is 14.9. The molecule has 150 valence electrons. The summed E-state index contributed by atoms with van der Waals surface area (Å²) >= 11 is 0. The van der Waals surface area contributed by atoms with Crippen LogP contribution in [0, 0.1) is 5.92 Å². The van der Waals surface area contributed by atoms with Crippen LogP contribution in [0.25, 0.3) is 0 Å². The molecule has 0 aromatic heterocycles. The molecule has 1 fully saturated rings. The van der Waals surface area contributed by atoms with Crippen molar-refractivity contribution in [2.45, 2.75) is 130 Å². The van der Waals surface area contributed by atoms with E-state index in [4.69, 9.17) is 19.6 Å². The van der Waals surface area contributed by atoms with E-state index in [1.54, 1.807) is 0 Å². The lowest BCUT2D eigenvalue weighted by molar-refractivity contribution is -0.439. The normalized spacial score (nSPS) is 25.3. The van der Waals surface area contributed by atoms with Crippen LogP contribution in [0.5, 0.6) is 0 Å². The van der Waals surface area contributed by atoms with Crippen LogP contribution in [-0.2, 0) is 19.6 Å². The molecule has 1 aliphatic rings. The van der Waals surface area contributed by atoms with E-state index in [0.29, 0.717) is 5.92 Å². The molecule has 0 radical (unpaired) electrons. The molecule has 4 nitrogen and oxygen atoms in total. The monoisotopic (exact) mass is 358 g/mol. The van der Waals surface area contributed by atoms with E-state index in [-0.39, 0.29) is 23.4 Å². The molecular formula is C21H42O4. The molecule has 0 N–H and O–H groups in total. The SMILES string of the molecule is CCCC1CCC(OOC(C)(C)CCC)C(OOC(C)(C)CCC)C1. The maximum absolute atomic E-state index is 5.91. The zero-order chi connectivity index (χ0) is 18.9. The molecule has 0 spiro atoms. The van der Waals surface area contributed by atoms with Crippen LogP contribution < -0.4 is 0 Å². The zero-order valence-electron chi connectivity index (χ0n) is 17.7. The third kappa shape index (κ3) is 8.85. The first-order valence-electron chi connectivity index (χ1n) is 10.4. The first-order chi connectivity index (χ1) is 11.7. The number of hydrogen-bond acceptors (Lipinski definition) is 4.